The number of nitrogens with two attached hydrogens (primary N) is 3. The molecule has 7 heteroatoms. The molecule has 1 aliphatic heterocycles. The van der Waals surface area contributed by atoms with Gasteiger partial charge in [0.1, 0.15) is 11.5 Å². The third-order valence-corrected chi connectivity index (χ3v) is 5.80. The molecule has 7 N–H and O–H groups in total. The average Bonchev–Trinajstić information content (AvgIpc) is 3.05. The first-order chi connectivity index (χ1) is 13.0. The normalized spacial score (nSPS) is 19.7. The van der Waals surface area contributed by atoms with E-state index in [1.807, 2.05) is 35.7 Å². The third kappa shape index (κ3) is 3.57. The van der Waals surface area contributed by atoms with E-state index in [-0.39, 0.29) is 6.04 Å². The van der Waals surface area contributed by atoms with Crippen LogP contribution in [0.5, 0.6) is 0 Å². The number of hydrogen-bond acceptors (Lipinski definition) is 7. The largest absolute Gasteiger partial charge is 0.396 e. The number of nitrogens with one attached hydrogen (secondary N) is 1. The van der Waals surface area contributed by atoms with Crippen molar-refractivity contribution in [3.05, 3.63) is 76.2 Å². The summed E-state index contributed by atoms with van der Waals surface area (Å²) in [6.07, 6.45) is 4.71. The van der Waals surface area contributed by atoms with Crippen molar-refractivity contribution in [2.75, 3.05) is 11.1 Å². The highest BCUT2D eigenvalue weighted by atomic mass is 32.1. The Labute approximate surface area is 162 Å². The first-order valence-electron chi connectivity index (χ1n) is 8.78. The topological polar surface area (TPSA) is 115 Å². The van der Waals surface area contributed by atoms with E-state index >= 15 is 0 Å². The van der Waals surface area contributed by atoms with Crippen LogP contribution in [0.4, 0.5) is 11.4 Å². The average molecular weight is 379 g/mol. The Morgan fingerprint density at radius 3 is 2.59 bits per heavy atom. The number of hydrogen-bond donors (Lipinski definition) is 4. The number of thiophene rings is 1. The second-order valence-corrected chi connectivity index (χ2v) is 7.67. The van der Waals surface area contributed by atoms with Crippen LogP contribution in [0.25, 0.3) is 0 Å². The van der Waals surface area contributed by atoms with Crippen LogP contribution >= 0.6 is 11.3 Å². The van der Waals surface area contributed by atoms with Gasteiger partial charge in [0.2, 0.25) is 0 Å². The van der Waals surface area contributed by atoms with Gasteiger partial charge in [0.05, 0.1) is 16.3 Å². The van der Waals surface area contributed by atoms with E-state index in [1.165, 1.54) is 16.9 Å². The molecule has 2 atom stereocenters. The lowest BCUT2D eigenvalue weighted by atomic mass is 9.93. The number of pyridine rings is 1. The number of anilines is 2. The van der Waals surface area contributed by atoms with E-state index in [0.717, 1.165) is 22.5 Å². The fourth-order valence-electron chi connectivity index (χ4n) is 3.39. The lowest BCUT2D eigenvalue weighted by Gasteiger charge is -2.33. The molecule has 4 rings (SSSR count). The molecule has 1 unspecified atom stereocenters. The number of benzene rings is 1. The third-order valence-electron chi connectivity index (χ3n) is 4.64. The van der Waals surface area contributed by atoms with Crippen molar-refractivity contribution in [2.45, 2.75) is 24.5 Å². The lowest BCUT2D eigenvalue weighted by Crippen LogP contribution is -2.45. The molecule has 0 bridgehead atoms. The van der Waals surface area contributed by atoms with Crippen molar-refractivity contribution in [1.29, 1.82) is 0 Å². The summed E-state index contributed by atoms with van der Waals surface area (Å²) >= 11 is 1.52. The fraction of sp³-hybridized carbons (Fsp3) is 0.200. The Bertz CT molecular complexity index is 953. The van der Waals surface area contributed by atoms with Gasteiger partial charge in [-0.1, -0.05) is 30.3 Å². The zero-order valence-electron chi connectivity index (χ0n) is 14.8. The molecule has 2 aromatic heterocycles. The number of fused-ring (bicyclic) bond motifs is 1. The van der Waals surface area contributed by atoms with Crippen molar-refractivity contribution in [2.24, 2.45) is 16.5 Å². The number of nitrogen functional groups attached to an aromatic ring is 1. The van der Waals surface area contributed by atoms with Gasteiger partial charge in [-0.2, -0.15) is 0 Å². The van der Waals surface area contributed by atoms with Gasteiger partial charge in [-0.25, -0.2) is 4.99 Å². The number of rotatable bonds is 5. The summed E-state index contributed by atoms with van der Waals surface area (Å²) in [4.78, 5) is 9.84. The van der Waals surface area contributed by atoms with E-state index < -0.39 is 5.66 Å². The van der Waals surface area contributed by atoms with Crippen LogP contribution in [0.15, 0.2) is 65.2 Å². The van der Waals surface area contributed by atoms with Gasteiger partial charge in [0, 0.05) is 35.8 Å². The Hall–Kier alpha value is -2.74. The summed E-state index contributed by atoms with van der Waals surface area (Å²) < 4.78 is 0. The van der Waals surface area contributed by atoms with E-state index in [9.17, 15) is 0 Å². The number of amidine groups is 1. The van der Waals surface area contributed by atoms with Gasteiger partial charge < -0.3 is 22.5 Å². The second kappa shape index (κ2) is 7.11. The van der Waals surface area contributed by atoms with Crippen LogP contribution in [-0.4, -0.2) is 16.9 Å². The Balaban J connectivity index is 1.66. The molecule has 3 aromatic rings. The van der Waals surface area contributed by atoms with Gasteiger partial charge in [-0.05, 0) is 24.1 Å². The van der Waals surface area contributed by atoms with Crippen molar-refractivity contribution >= 4 is 28.5 Å². The van der Waals surface area contributed by atoms with E-state index in [2.05, 4.69) is 22.4 Å². The zero-order chi connectivity index (χ0) is 18.9. The second-order valence-electron chi connectivity index (χ2n) is 6.79. The van der Waals surface area contributed by atoms with Crippen LogP contribution in [0.2, 0.25) is 0 Å². The maximum atomic E-state index is 6.80. The summed E-state index contributed by atoms with van der Waals surface area (Å²) in [5.74, 6) is 0.685. The molecular weight excluding hydrogens is 356 g/mol. The fourth-order valence-corrected chi connectivity index (χ4v) is 4.37. The summed E-state index contributed by atoms with van der Waals surface area (Å²) in [6, 6.07) is 13.8. The highest BCUT2D eigenvalue weighted by molar-refractivity contribution is 7.11. The monoisotopic (exact) mass is 378 g/mol. The molecule has 6 nitrogen and oxygen atoms in total. The van der Waals surface area contributed by atoms with Gasteiger partial charge in [0.15, 0.2) is 0 Å². The Morgan fingerprint density at radius 2 is 1.85 bits per heavy atom. The smallest absolute Gasteiger partial charge is 0.148 e. The van der Waals surface area contributed by atoms with Crippen molar-refractivity contribution in [1.82, 2.24) is 4.98 Å². The highest BCUT2D eigenvalue weighted by Crippen LogP contribution is 2.43. The maximum Gasteiger partial charge on any atom is 0.148 e. The van der Waals surface area contributed by atoms with E-state index in [0.29, 0.717) is 17.9 Å². The Morgan fingerprint density at radius 1 is 1.11 bits per heavy atom. The van der Waals surface area contributed by atoms with Crippen LogP contribution in [-0.2, 0) is 12.1 Å². The number of aliphatic imine (C=N–C) groups is 1. The quantitative estimate of drug-likeness (QED) is 0.545. The molecule has 0 saturated carbocycles. The van der Waals surface area contributed by atoms with Crippen molar-refractivity contribution in [3.8, 4) is 0 Å². The van der Waals surface area contributed by atoms with Crippen LogP contribution in [0, 0.1) is 0 Å². The predicted octanol–water partition coefficient (Wildman–Crippen LogP) is 2.67. The molecule has 27 heavy (non-hydrogen) atoms. The van der Waals surface area contributed by atoms with Crippen molar-refractivity contribution < 1.29 is 0 Å². The molecule has 138 valence electrons. The minimum Gasteiger partial charge on any atom is -0.396 e. The minimum absolute atomic E-state index is 0.130. The molecule has 0 aliphatic carbocycles. The van der Waals surface area contributed by atoms with Gasteiger partial charge in [-0.15, -0.1) is 11.3 Å². The standard InChI is InChI=1S/C20H22N6S/c21-15(10-13-4-2-1-3-5-13)11-20(23)18-17(16(22)12-27-18)25-19(26-20)14-6-8-24-9-7-14/h1-9,12,15H,10-11,21-23H2,(H,25,26)/t15-,20?/m0/s1. The summed E-state index contributed by atoms with van der Waals surface area (Å²) in [6.45, 7) is 0. The Kier molecular flexibility index (Phi) is 4.65. The molecule has 0 fully saturated rings. The summed E-state index contributed by atoms with van der Waals surface area (Å²) in [7, 11) is 0. The number of nitrogens with zero attached hydrogens (tertiary/aromatic N) is 2. The summed E-state index contributed by atoms with van der Waals surface area (Å²) in [5, 5.41) is 5.22. The number of aromatic nitrogens is 1. The van der Waals surface area contributed by atoms with E-state index in [1.54, 1.807) is 12.4 Å². The first kappa shape index (κ1) is 17.7. The van der Waals surface area contributed by atoms with Crippen LogP contribution in [0.1, 0.15) is 22.4 Å². The first-order valence-corrected chi connectivity index (χ1v) is 9.66. The molecule has 0 radical (unpaired) electrons. The zero-order valence-corrected chi connectivity index (χ0v) is 15.6. The minimum atomic E-state index is -0.921. The molecule has 1 aliphatic rings. The molecular formula is C20H22N6S. The lowest BCUT2D eigenvalue weighted by molar-refractivity contribution is 0.389. The molecule has 0 saturated heterocycles. The van der Waals surface area contributed by atoms with Gasteiger partial charge >= 0.3 is 0 Å². The molecule has 0 spiro atoms. The molecule has 3 heterocycles. The summed E-state index contributed by atoms with van der Waals surface area (Å²) in [5.41, 5.74) is 22.1. The predicted molar refractivity (Wildman–Crippen MR) is 112 cm³/mol. The molecule has 1 aromatic carbocycles. The van der Waals surface area contributed by atoms with Gasteiger partial charge in [-0.3, -0.25) is 4.98 Å². The van der Waals surface area contributed by atoms with Crippen LogP contribution in [0.3, 0.4) is 0 Å². The van der Waals surface area contributed by atoms with Gasteiger partial charge in [0.25, 0.3) is 0 Å². The highest BCUT2D eigenvalue weighted by Gasteiger charge is 2.38. The molecule has 0 amide bonds. The van der Waals surface area contributed by atoms with E-state index in [4.69, 9.17) is 22.2 Å². The van der Waals surface area contributed by atoms with Crippen molar-refractivity contribution in [3.63, 3.8) is 0 Å². The van der Waals surface area contributed by atoms with Crippen LogP contribution < -0.4 is 22.5 Å². The maximum absolute atomic E-state index is 6.80. The SMILES string of the molecule is Nc1csc2c1NC(c1ccncc1)=NC2(N)C[C@@H](N)Cc1ccccc1.